The molecule has 2 N–H and O–H groups in total. The van der Waals surface area contributed by atoms with Gasteiger partial charge in [0.2, 0.25) is 9.84 Å². The van der Waals surface area contributed by atoms with Gasteiger partial charge in [0.1, 0.15) is 16.4 Å². The Labute approximate surface area is 111 Å². The van der Waals surface area contributed by atoms with E-state index in [0.29, 0.717) is 5.56 Å². The Hall–Kier alpha value is -2.01. The number of hydrogen-bond acceptors (Lipinski definition) is 4. The highest BCUT2D eigenvalue weighted by atomic mass is 32.2. The standard InChI is InChI=1S/C14H14O4S/c1-9-3-4-10(2)14(7-9)19(17,18)13-6-5-11(15)8-12(13)16/h3-8,15-16H,1-2H3. The lowest BCUT2D eigenvalue weighted by atomic mass is 10.2. The molecule has 0 aliphatic carbocycles. The summed E-state index contributed by atoms with van der Waals surface area (Å²) >= 11 is 0. The highest BCUT2D eigenvalue weighted by molar-refractivity contribution is 7.91. The van der Waals surface area contributed by atoms with Crippen molar-refractivity contribution in [3.05, 3.63) is 47.5 Å². The average molecular weight is 278 g/mol. The molecule has 2 rings (SSSR count). The fraction of sp³-hybridized carbons (Fsp3) is 0.143. The molecule has 4 nitrogen and oxygen atoms in total. The number of phenols is 2. The van der Waals surface area contributed by atoms with Crippen LogP contribution < -0.4 is 0 Å². The molecular formula is C14H14O4S. The van der Waals surface area contributed by atoms with E-state index in [-0.39, 0.29) is 15.5 Å². The van der Waals surface area contributed by atoms with Crippen LogP contribution in [0.25, 0.3) is 0 Å². The number of aromatic hydroxyl groups is 2. The van der Waals surface area contributed by atoms with Crippen LogP contribution in [-0.4, -0.2) is 18.6 Å². The zero-order chi connectivity index (χ0) is 14.2. The van der Waals surface area contributed by atoms with Crippen molar-refractivity contribution < 1.29 is 18.6 Å². The lowest BCUT2D eigenvalue weighted by molar-refractivity contribution is 0.439. The molecule has 0 amide bonds. The molecule has 2 aromatic rings. The van der Waals surface area contributed by atoms with E-state index in [2.05, 4.69) is 0 Å². The maximum Gasteiger partial charge on any atom is 0.210 e. The highest BCUT2D eigenvalue weighted by Gasteiger charge is 2.23. The maximum atomic E-state index is 12.5. The van der Waals surface area contributed by atoms with Crippen molar-refractivity contribution in [1.29, 1.82) is 0 Å². The van der Waals surface area contributed by atoms with Gasteiger partial charge in [0.25, 0.3) is 0 Å². The van der Waals surface area contributed by atoms with Crippen molar-refractivity contribution in [2.24, 2.45) is 0 Å². The second-order valence-corrected chi connectivity index (χ2v) is 6.31. The molecule has 0 aliphatic rings. The van der Waals surface area contributed by atoms with E-state index in [4.69, 9.17) is 0 Å². The van der Waals surface area contributed by atoms with E-state index in [9.17, 15) is 18.6 Å². The molecule has 0 fully saturated rings. The maximum absolute atomic E-state index is 12.5. The van der Waals surface area contributed by atoms with Gasteiger partial charge in [-0.05, 0) is 43.2 Å². The van der Waals surface area contributed by atoms with E-state index in [1.165, 1.54) is 12.1 Å². The van der Waals surface area contributed by atoms with Crippen molar-refractivity contribution in [2.45, 2.75) is 23.6 Å². The first-order valence-corrected chi connectivity index (χ1v) is 7.15. The van der Waals surface area contributed by atoms with Gasteiger partial charge in [-0.1, -0.05) is 12.1 Å². The van der Waals surface area contributed by atoms with Gasteiger partial charge in [-0.2, -0.15) is 0 Å². The summed E-state index contributed by atoms with van der Waals surface area (Å²) in [6.45, 7) is 3.50. The highest BCUT2D eigenvalue weighted by Crippen LogP contribution is 2.32. The lowest BCUT2D eigenvalue weighted by Crippen LogP contribution is -2.04. The molecule has 0 unspecified atom stereocenters. The quantitative estimate of drug-likeness (QED) is 0.885. The van der Waals surface area contributed by atoms with Gasteiger partial charge in [0.15, 0.2) is 0 Å². The molecule has 0 saturated carbocycles. The molecular weight excluding hydrogens is 264 g/mol. The minimum absolute atomic E-state index is 0.161. The Balaban J connectivity index is 2.69. The van der Waals surface area contributed by atoms with Crippen molar-refractivity contribution >= 4 is 9.84 Å². The Morgan fingerprint density at radius 3 is 2.21 bits per heavy atom. The van der Waals surface area contributed by atoms with Gasteiger partial charge in [-0.15, -0.1) is 0 Å². The number of sulfone groups is 1. The SMILES string of the molecule is Cc1ccc(C)c(S(=O)(=O)c2ccc(O)cc2O)c1. The first kappa shape index (κ1) is 13.4. The zero-order valence-corrected chi connectivity index (χ0v) is 11.4. The number of rotatable bonds is 2. The van der Waals surface area contributed by atoms with Crippen LogP contribution in [-0.2, 0) is 9.84 Å². The van der Waals surface area contributed by atoms with Crippen LogP contribution in [0.4, 0.5) is 0 Å². The van der Waals surface area contributed by atoms with Crippen LogP contribution in [0.5, 0.6) is 11.5 Å². The van der Waals surface area contributed by atoms with Gasteiger partial charge in [0, 0.05) is 6.07 Å². The molecule has 0 spiro atoms. The molecule has 0 atom stereocenters. The Morgan fingerprint density at radius 2 is 1.58 bits per heavy atom. The van der Waals surface area contributed by atoms with Crippen LogP contribution in [0, 0.1) is 13.8 Å². The first-order valence-electron chi connectivity index (χ1n) is 5.66. The number of aryl methyl sites for hydroxylation is 2. The molecule has 0 aromatic heterocycles. The monoisotopic (exact) mass is 278 g/mol. The summed E-state index contributed by atoms with van der Waals surface area (Å²) in [6, 6.07) is 8.55. The third kappa shape index (κ3) is 2.42. The van der Waals surface area contributed by atoms with E-state index in [1.807, 2.05) is 6.07 Å². The third-order valence-electron chi connectivity index (χ3n) is 2.87. The molecule has 2 aromatic carbocycles. The zero-order valence-electron chi connectivity index (χ0n) is 10.6. The summed E-state index contributed by atoms with van der Waals surface area (Å²) in [5, 5.41) is 18.9. The Kier molecular flexibility index (Phi) is 3.24. The third-order valence-corrected chi connectivity index (χ3v) is 4.81. The van der Waals surface area contributed by atoms with Crippen molar-refractivity contribution in [3.8, 4) is 11.5 Å². The summed E-state index contributed by atoms with van der Waals surface area (Å²) in [7, 11) is -3.80. The minimum Gasteiger partial charge on any atom is -0.508 e. The van der Waals surface area contributed by atoms with Crippen LogP contribution >= 0.6 is 0 Å². The number of benzene rings is 2. The molecule has 0 heterocycles. The summed E-state index contributed by atoms with van der Waals surface area (Å²) < 4.78 is 25.0. The molecule has 0 aliphatic heterocycles. The summed E-state index contributed by atoms with van der Waals surface area (Å²) in [5.41, 5.74) is 1.43. The Bertz CT molecular complexity index is 733. The van der Waals surface area contributed by atoms with Crippen molar-refractivity contribution in [3.63, 3.8) is 0 Å². The van der Waals surface area contributed by atoms with Gasteiger partial charge in [-0.25, -0.2) is 8.42 Å². The fourth-order valence-corrected chi connectivity index (χ4v) is 3.50. The minimum atomic E-state index is -3.80. The number of phenolic OH excluding ortho intramolecular Hbond substituents is 2. The second-order valence-electron chi connectivity index (χ2n) is 4.42. The molecule has 0 saturated heterocycles. The predicted molar refractivity (Wildman–Crippen MR) is 71.1 cm³/mol. The van der Waals surface area contributed by atoms with E-state index in [1.54, 1.807) is 26.0 Å². The topological polar surface area (TPSA) is 74.6 Å². The van der Waals surface area contributed by atoms with E-state index >= 15 is 0 Å². The molecule has 0 radical (unpaired) electrons. The largest absolute Gasteiger partial charge is 0.508 e. The van der Waals surface area contributed by atoms with Crippen LogP contribution in [0.1, 0.15) is 11.1 Å². The van der Waals surface area contributed by atoms with Crippen molar-refractivity contribution in [2.75, 3.05) is 0 Å². The molecule has 0 bridgehead atoms. The normalized spacial score (nSPS) is 11.5. The van der Waals surface area contributed by atoms with Crippen LogP contribution in [0.2, 0.25) is 0 Å². The summed E-state index contributed by atoms with van der Waals surface area (Å²) in [5.74, 6) is -0.640. The summed E-state index contributed by atoms with van der Waals surface area (Å²) in [6.07, 6.45) is 0. The molecule has 5 heteroatoms. The predicted octanol–water partition coefficient (Wildman–Crippen LogP) is 2.55. The smallest absolute Gasteiger partial charge is 0.210 e. The Morgan fingerprint density at radius 1 is 0.895 bits per heavy atom. The van der Waals surface area contributed by atoms with Gasteiger partial charge in [0.05, 0.1) is 4.90 Å². The molecule has 100 valence electrons. The van der Waals surface area contributed by atoms with Gasteiger partial charge < -0.3 is 10.2 Å². The van der Waals surface area contributed by atoms with Crippen LogP contribution in [0.3, 0.4) is 0 Å². The van der Waals surface area contributed by atoms with Crippen LogP contribution in [0.15, 0.2) is 46.2 Å². The summed E-state index contributed by atoms with van der Waals surface area (Å²) in [4.78, 5) is -0.0486. The average Bonchev–Trinajstić information content (AvgIpc) is 2.31. The fourth-order valence-electron chi connectivity index (χ4n) is 1.85. The molecule has 19 heavy (non-hydrogen) atoms. The van der Waals surface area contributed by atoms with E-state index < -0.39 is 15.6 Å². The van der Waals surface area contributed by atoms with Gasteiger partial charge >= 0.3 is 0 Å². The number of hydrogen-bond donors (Lipinski definition) is 2. The van der Waals surface area contributed by atoms with Crippen molar-refractivity contribution in [1.82, 2.24) is 0 Å². The van der Waals surface area contributed by atoms with E-state index in [0.717, 1.165) is 11.6 Å². The second kappa shape index (κ2) is 4.59. The lowest BCUT2D eigenvalue weighted by Gasteiger charge is -2.10. The first-order chi connectivity index (χ1) is 8.82. The van der Waals surface area contributed by atoms with Gasteiger partial charge in [-0.3, -0.25) is 0 Å².